The first-order chi connectivity index (χ1) is 9.74. The molecule has 0 atom stereocenters. The van der Waals surface area contributed by atoms with Gasteiger partial charge < -0.3 is 10.5 Å². The Hall–Kier alpha value is -1.54. The van der Waals surface area contributed by atoms with Crippen molar-refractivity contribution >= 4 is 38.9 Å². The molecule has 0 aliphatic carbocycles. The molecule has 1 aromatic carbocycles. The van der Waals surface area contributed by atoms with E-state index < -0.39 is 17.7 Å². The Morgan fingerprint density at radius 2 is 2.00 bits per heavy atom. The number of hydrogen-bond acceptors (Lipinski definition) is 4. The van der Waals surface area contributed by atoms with Crippen LogP contribution in [0.5, 0.6) is 0 Å². The number of nitrogen functional groups attached to an aromatic ring is 1. The van der Waals surface area contributed by atoms with Gasteiger partial charge in [0.05, 0.1) is 18.4 Å². The Morgan fingerprint density at radius 1 is 1.33 bits per heavy atom. The minimum Gasteiger partial charge on any atom is -0.465 e. The predicted octanol–water partition coefficient (Wildman–Crippen LogP) is 4.57. The zero-order valence-electron chi connectivity index (χ0n) is 10.6. The molecular formula is C13H9BrF3NO2S. The van der Waals surface area contributed by atoms with Gasteiger partial charge in [0.1, 0.15) is 4.88 Å². The highest BCUT2D eigenvalue weighted by molar-refractivity contribution is 9.10. The van der Waals surface area contributed by atoms with E-state index in [9.17, 15) is 18.0 Å². The van der Waals surface area contributed by atoms with Gasteiger partial charge in [-0.3, -0.25) is 0 Å². The van der Waals surface area contributed by atoms with Crippen LogP contribution in [-0.2, 0) is 10.9 Å². The van der Waals surface area contributed by atoms with E-state index in [1.54, 1.807) is 0 Å². The molecule has 0 aliphatic heterocycles. The molecule has 0 spiro atoms. The number of carbonyl (C=O) groups is 1. The molecule has 0 saturated carbocycles. The van der Waals surface area contributed by atoms with E-state index >= 15 is 0 Å². The average Bonchev–Trinajstić information content (AvgIpc) is 2.79. The maximum Gasteiger partial charge on any atom is 0.416 e. The van der Waals surface area contributed by atoms with Crippen LogP contribution in [-0.4, -0.2) is 13.1 Å². The summed E-state index contributed by atoms with van der Waals surface area (Å²) in [6, 6.07) is 4.76. The summed E-state index contributed by atoms with van der Waals surface area (Å²) in [5.41, 5.74) is 5.42. The summed E-state index contributed by atoms with van der Waals surface area (Å²) in [5.74, 6) is -0.619. The molecule has 2 rings (SSSR count). The molecule has 1 heterocycles. The monoisotopic (exact) mass is 379 g/mol. The van der Waals surface area contributed by atoms with Crippen molar-refractivity contribution in [1.29, 1.82) is 0 Å². The molecule has 3 nitrogen and oxygen atoms in total. The minimum atomic E-state index is -4.44. The molecule has 0 fully saturated rings. The molecule has 1 aromatic heterocycles. The van der Waals surface area contributed by atoms with E-state index in [1.807, 2.05) is 0 Å². The zero-order valence-corrected chi connectivity index (χ0v) is 13.0. The predicted molar refractivity (Wildman–Crippen MR) is 78.2 cm³/mol. The number of benzene rings is 1. The minimum absolute atomic E-state index is 0.164. The van der Waals surface area contributed by atoms with Gasteiger partial charge in [-0.05, 0) is 24.3 Å². The summed E-state index contributed by atoms with van der Waals surface area (Å²) >= 11 is 4.19. The standard InChI is InChI=1S/C13H9BrF3NO2S/c1-20-12(19)11-9(18)5-10(21-11)7-4-6(13(15,16)17)2-3-8(7)14/h2-5H,18H2,1H3. The second-order valence-corrected chi connectivity index (χ2v) is 5.99. The number of nitrogens with two attached hydrogens (primary N) is 1. The first-order valence-electron chi connectivity index (χ1n) is 5.58. The smallest absolute Gasteiger partial charge is 0.416 e. The Morgan fingerprint density at radius 3 is 2.57 bits per heavy atom. The molecular weight excluding hydrogens is 371 g/mol. The van der Waals surface area contributed by atoms with Crippen molar-refractivity contribution < 1.29 is 22.7 Å². The van der Waals surface area contributed by atoms with Crippen LogP contribution in [0.1, 0.15) is 15.2 Å². The lowest BCUT2D eigenvalue weighted by atomic mass is 10.1. The molecule has 0 radical (unpaired) electrons. The number of rotatable bonds is 2. The molecule has 112 valence electrons. The maximum absolute atomic E-state index is 12.8. The van der Waals surface area contributed by atoms with Crippen LogP contribution in [0, 0.1) is 0 Å². The number of carbonyl (C=O) groups excluding carboxylic acids is 1. The van der Waals surface area contributed by atoms with Crippen LogP contribution in [0.4, 0.5) is 18.9 Å². The summed E-state index contributed by atoms with van der Waals surface area (Å²) in [6.07, 6.45) is -4.44. The van der Waals surface area contributed by atoms with Gasteiger partial charge >= 0.3 is 12.1 Å². The van der Waals surface area contributed by atoms with Crippen molar-refractivity contribution in [2.45, 2.75) is 6.18 Å². The normalized spacial score (nSPS) is 11.5. The zero-order chi connectivity index (χ0) is 15.8. The topological polar surface area (TPSA) is 52.3 Å². The highest BCUT2D eigenvalue weighted by Gasteiger charge is 2.31. The van der Waals surface area contributed by atoms with Crippen LogP contribution >= 0.6 is 27.3 Å². The molecule has 8 heteroatoms. The first-order valence-corrected chi connectivity index (χ1v) is 7.19. The van der Waals surface area contributed by atoms with Gasteiger partial charge in [-0.2, -0.15) is 13.2 Å². The highest BCUT2D eigenvalue weighted by Crippen LogP contribution is 2.40. The van der Waals surface area contributed by atoms with E-state index in [1.165, 1.54) is 19.2 Å². The van der Waals surface area contributed by atoms with Crippen molar-refractivity contribution in [1.82, 2.24) is 0 Å². The second-order valence-electron chi connectivity index (χ2n) is 4.08. The molecule has 0 saturated heterocycles. The fourth-order valence-electron chi connectivity index (χ4n) is 1.68. The van der Waals surface area contributed by atoms with Crippen LogP contribution in [0.15, 0.2) is 28.7 Å². The van der Waals surface area contributed by atoms with E-state index in [-0.39, 0.29) is 10.6 Å². The number of thiophene rings is 1. The van der Waals surface area contributed by atoms with Crippen LogP contribution in [0.3, 0.4) is 0 Å². The molecule has 21 heavy (non-hydrogen) atoms. The van der Waals surface area contributed by atoms with Crippen LogP contribution in [0.2, 0.25) is 0 Å². The molecule has 2 N–H and O–H groups in total. The van der Waals surface area contributed by atoms with Gasteiger partial charge in [0.25, 0.3) is 0 Å². The Balaban J connectivity index is 2.54. The Labute approximate surface area is 130 Å². The summed E-state index contributed by atoms with van der Waals surface area (Å²) in [6.45, 7) is 0. The lowest BCUT2D eigenvalue weighted by Crippen LogP contribution is -2.04. The SMILES string of the molecule is COC(=O)c1sc(-c2cc(C(F)(F)F)ccc2Br)cc1N. The number of ether oxygens (including phenoxy) is 1. The fourth-order valence-corrected chi connectivity index (χ4v) is 3.30. The number of alkyl halides is 3. The Kier molecular flexibility index (Phi) is 4.29. The lowest BCUT2D eigenvalue weighted by molar-refractivity contribution is -0.137. The quantitative estimate of drug-likeness (QED) is 0.777. The summed E-state index contributed by atoms with van der Waals surface area (Å²) in [7, 11) is 1.21. The Bertz CT molecular complexity index is 697. The van der Waals surface area contributed by atoms with Gasteiger partial charge in [0.15, 0.2) is 0 Å². The van der Waals surface area contributed by atoms with Crippen molar-refractivity contribution in [2.75, 3.05) is 12.8 Å². The summed E-state index contributed by atoms with van der Waals surface area (Å²) in [5, 5.41) is 0. The van der Waals surface area contributed by atoms with Crippen molar-refractivity contribution in [2.24, 2.45) is 0 Å². The molecule has 2 aromatic rings. The first kappa shape index (κ1) is 15.8. The highest BCUT2D eigenvalue weighted by atomic mass is 79.9. The summed E-state index contributed by atoms with van der Waals surface area (Å²) in [4.78, 5) is 12.1. The van der Waals surface area contributed by atoms with Crippen LogP contribution < -0.4 is 5.73 Å². The van der Waals surface area contributed by atoms with E-state index in [0.29, 0.717) is 14.9 Å². The summed E-state index contributed by atoms with van der Waals surface area (Å²) < 4.78 is 43.4. The largest absolute Gasteiger partial charge is 0.465 e. The van der Waals surface area contributed by atoms with Gasteiger partial charge in [-0.15, -0.1) is 11.3 Å². The third-order valence-corrected chi connectivity index (χ3v) is 4.55. The van der Waals surface area contributed by atoms with Crippen molar-refractivity contribution in [3.63, 3.8) is 0 Å². The van der Waals surface area contributed by atoms with Gasteiger partial charge in [-0.25, -0.2) is 4.79 Å². The van der Waals surface area contributed by atoms with E-state index in [0.717, 1.165) is 23.5 Å². The fraction of sp³-hybridized carbons (Fsp3) is 0.154. The van der Waals surface area contributed by atoms with Crippen molar-refractivity contribution in [3.8, 4) is 10.4 Å². The average molecular weight is 380 g/mol. The third-order valence-electron chi connectivity index (χ3n) is 2.69. The maximum atomic E-state index is 12.8. The number of methoxy groups -OCH3 is 1. The van der Waals surface area contributed by atoms with Crippen molar-refractivity contribution in [3.05, 3.63) is 39.2 Å². The van der Waals surface area contributed by atoms with Gasteiger partial charge in [0.2, 0.25) is 0 Å². The molecule has 0 bridgehead atoms. The molecule has 0 amide bonds. The number of halogens is 4. The van der Waals surface area contributed by atoms with Crippen LogP contribution in [0.25, 0.3) is 10.4 Å². The molecule has 0 aliphatic rings. The number of hydrogen-bond donors (Lipinski definition) is 1. The van der Waals surface area contributed by atoms with Gasteiger partial charge in [-0.1, -0.05) is 15.9 Å². The third kappa shape index (κ3) is 3.21. The molecule has 0 unspecified atom stereocenters. The lowest BCUT2D eigenvalue weighted by Gasteiger charge is -2.09. The second kappa shape index (κ2) is 5.69. The van der Waals surface area contributed by atoms with Gasteiger partial charge in [0, 0.05) is 14.9 Å². The van der Waals surface area contributed by atoms with E-state index in [2.05, 4.69) is 20.7 Å². The number of anilines is 1. The van der Waals surface area contributed by atoms with E-state index in [4.69, 9.17) is 5.73 Å². The number of esters is 1.